The molecule has 164 valence electrons. The number of hydrogen-bond acceptors (Lipinski definition) is 4. The van der Waals surface area contributed by atoms with Gasteiger partial charge in [0.25, 0.3) is 0 Å². The molecule has 30 heavy (non-hydrogen) atoms. The number of para-hydroxylation sites is 1. The summed E-state index contributed by atoms with van der Waals surface area (Å²) < 4.78 is 5.33. The summed E-state index contributed by atoms with van der Waals surface area (Å²) in [5.41, 5.74) is 1.71. The predicted molar refractivity (Wildman–Crippen MR) is 118 cm³/mol. The number of likely N-dealkylation sites (tertiary alicyclic amines) is 1. The summed E-state index contributed by atoms with van der Waals surface area (Å²) in [5.74, 6) is 0.702. The molecule has 1 fully saturated rings. The van der Waals surface area contributed by atoms with E-state index in [4.69, 9.17) is 4.74 Å². The zero-order valence-electron chi connectivity index (χ0n) is 18.4. The van der Waals surface area contributed by atoms with Crippen LogP contribution >= 0.6 is 0 Å². The molecular weight excluding hydrogens is 382 g/mol. The van der Waals surface area contributed by atoms with Crippen LogP contribution in [0.5, 0.6) is 0 Å². The fraction of sp³-hybridized carbons (Fsp3) is 0.591. The molecule has 3 rings (SSSR count). The van der Waals surface area contributed by atoms with Gasteiger partial charge in [-0.1, -0.05) is 18.2 Å². The minimum absolute atomic E-state index is 0.0110. The number of aliphatic imine (C=N–C) groups is 1. The van der Waals surface area contributed by atoms with Crippen LogP contribution in [0, 0.1) is 0 Å². The van der Waals surface area contributed by atoms with Gasteiger partial charge in [-0.05, 0) is 51.7 Å². The third kappa shape index (κ3) is 5.64. The lowest BCUT2D eigenvalue weighted by atomic mass is 10.0. The van der Waals surface area contributed by atoms with Crippen molar-refractivity contribution in [1.29, 1.82) is 0 Å². The van der Waals surface area contributed by atoms with Gasteiger partial charge in [0.05, 0.1) is 12.6 Å². The number of nitrogens with one attached hydrogen (secondary N) is 2. The van der Waals surface area contributed by atoms with Crippen LogP contribution in [-0.2, 0) is 16.0 Å². The fourth-order valence-corrected chi connectivity index (χ4v) is 3.92. The monoisotopic (exact) mass is 415 g/mol. The third-order valence-corrected chi connectivity index (χ3v) is 5.23. The molecule has 2 N–H and O–H groups in total. The molecule has 8 nitrogen and oxygen atoms in total. The molecule has 0 spiro atoms. The molecule has 0 bridgehead atoms. The lowest BCUT2D eigenvalue weighted by Crippen LogP contribution is -2.48. The summed E-state index contributed by atoms with van der Waals surface area (Å²) >= 11 is 0. The number of alkyl carbamates (subject to hydrolysis) is 1. The van der Waals surface area contributed by atoms with Crippen LogP contribution in [0.25, 0.3) is 0 Å². The van der Waals surface area contributed by atoms with E-state index in [1.54, 1.807) is 7.05 Å². The first-order valence-electron chi connectivity index (χ1n) is 10.6. The van der Waals surface area contributed by atoms with Crippen molar-refractivity contribution >= 4 is 23.6 Å². The predicted octanol–water partition coefficient (Wildman–Crippen LogP) is 2.14. The maximum absolute atomic E-state index is 12.9. The van der Waals surface area contributed by atoms with Gasteiger partial charge in [0.2, 0.25) is 5.91 Å². The second-order valence-electron chi connectivity index (χ2n) is 8.76. The van der Waals surface area contributed by atoms with Crippen LogP contribution in [0.2, 0.25) is 0 Å². The van der Waals surface area contributed by atoms with E-state index in [2.05, 4.69) is 26.6 Å². The topological polar surface area (TPSA) is 86.3 Å². The van der Waals surface area contributed by atoms with Crippen molar-refractivity contribution in [3.05, 3.63) is 29.8 Å². The molecule has 8 heteroatoms. The Balaban J connectivity index is 1.51. The van der Waals surface area contributed by atoms with Gasteiger partial charge in [-0.25, -0.2) is 4.79 Å². The quantitative estimate of drug-likeness (QED) is 0.584. The van der Waals surface area contributed by atoms with Crippen molar-refractivity contribution in [3.63, 3.8) is 0 Å². The lowest BCUT2D eigenvalue weighted by molar-refractivity contribution is -0.117. The van der Waals surface area contributed by atoms with E-state index in [9.17, 15) is 9.59 Å². The van der Waals surface area contributed by atoms with Gasteiger partial charge in [-0.3, -0.25) is 9.79 Å². The Hall–Kier alpha value is -2.77. The highest BCUT2D eigenvalue weighted by atomic mass is 16.6. The number of rotatable bonds is 3. The van der Waals surface area contributed by atoms with Crippen LogP contribution in [0.4, 0.5) is 10.5 Å². The zero-order chi connectivity index (χ0) is 21.7. The molecule has 0 aromatic heterocycles. The van der Waals surface area contributed by atoms with Crippen molar-refractivity contribution in [3.8, 4) is 0 Å². The second kappa shape index (κ2) is 9.36. The normalized spacial score (nSPS) is 19.3. The number of carbonyl (C=O) groups is 2. The van der Waals surface area contributed by atoms with Gasteiger partial charge in [0, 0.05) is 32.4 Å². The lowest BCUT2D eigenvalue weighted by Gasteiger charge is -2.30. The number of guanidine groups is 1. The van der Waals surface area contributed by atoms with Gasteiger partial charge in [0.1, 0.15) is 5.60 Å². The van der Waals surface area contributed by atoms with Gasteiger partial charge >= 0.3 is 6.09 Å². The van der Waals surface area contributed by atoms with Crippen LogP contribution in [0.3, 0.4) is 0 Å². The number of fused-ring (bicyclic) bond motifs is 1. The molecule has 1 atom stereocenters. The first-order chi connectivity index (χ1) is 14.3. The van der Waals surface area contributed by atoms with Crippen LogP contribution in [0.15, 0.2) is 29.3 Å². The van der Waals surface area contributed by atoms with E-state index < -0.39 is 11.7 Å². The minimum atomic E-state index is -0.520. The first-order valence-corrected chi connectivity index (χ1v) is 10.6. The number of benzene rings is 1. The number of aryl methyl sites for hydroxylation is 1. The Morgan fingerprint density at radius 3 is 2.73 bits per heavy atom. The summed E-state index contributed by atoms with van der Waals surface area (Å²) in [6, 6.07) is 8.07. The summed E-state index contributed by atoms with van der Waals surface area (Å²) in [7, 11) is 1.71. The van der Waals surface area contributed by atoms with Gasteiger partial charge in [-0.15, -0.1) is 0 Å². The summed E-state index contributed by atoms with van der Waals surface area (Å²) in [6.07, 6.45) is 2.38. The number of amides is 2. The van der Waals surface area contributed by atoms with Gasteiger partial charge in [0.15, 0.2) is 5.96 Å². The molecule has 0 radical (unpaired) electrons. The van der Waals surface area contributed by atoms with E-state index in [1.165, 1.54) is 5.56 Å². The molecule has 2 heterocycles. The van der Waals surface area contributed by atoms with Gasteiger partial charge in [-0.2, -0.15) is 0 Å². The molecule has 1 aromatic carbocycles. The first kappa shape index (κ1) is 21.9. The van der Waals surface area contributed by atoms with Crippen LogP contribution < -0.4 is 15.5 Å². The fourth-order valence-electron chi connectivity index (χ4n) is 3.92. The van der Waals surface area contributed by atoms with Crippen molar-refractivity contribution in [2.24, 2.45) is 4.99 Å². The largest absolute Gasteiger partial charge is 0.444 e. The molecule has 2 aliphatic rings. The van der Waals surface area contributed by atoms with E-state index >= 15 is 0 Å². The van der Waals surface area contributed by atoms with Crippen molar-refractivity contribution in [2.45, 2.75) is 51.7 Å². The molecule has 1 saturated heterocycles. The molecule has 2 amide bonds. The maximum Gasteiger partial charge on any atom is 0.407 e. The molecule has 1 aromatic rings. The highest BCUT2D eigenvalue weighted by Crippen LogP contribution is 2.26. The highest BCUT2D eigenvalue weighted by Gasteiger charge is 2.29. The number of ether oxygens (including phenoxy) is 1. The highest BCUT2D eigenvalue weighted by molar-refractivity contribution is 5.98. The Kier molecular flexibility index (Phi) is 6.84. The summed E-state index contributed by atoms with van der Waals surface area (Å²) in [4.78, 5) is 33.1. The second-order valence-corrected chi connectivity index (χ2v) is 8.76. The molecular formula is C22H33N5O3. The van der Waals surface area contributed by atoms with Crippen LogP contribution in [0.1, 0.15) is 39.2 Å². The Morgan fingerprint density at radius 1 is 1.23 bits per heavy atom. The van der Waals surface area contributed by atoms with Crippen LogP contribution in [-0.4, -0.2) is 67.7 Å². The third-order valence-electron chi connectivity index (χ3n) is 5.23. The molecule has 2 aliphatic heterocycles. The van der Waals surface area contributed by atoms with Crippen molar-refractivity contribution < 1.29 is 14.3 Å². The van der Waals surface area contributed by atoms with E-state index in [-0.39, 0.29) is 18.5 Å². The molecule has 0 aliphatic carbocycles. The summed E-state index contributed by atoms with van der Waals surface area (Å²) in [6.45, 7) is 7.83. The van der Waals surface area contributed by atoms with Gasteiger partial charge < -0.3 is 25.2 Å². The van der Waals surface area contributed by atoms with E-state index in [1.807, 2.05) is 43.9 Å². The number of hydrogen-bond donors (Lipinski definition) is 2. The minimum Gasteiger partial charge on any atom is -0.444 e. The van der Waals surface area contributed by atoms with E-state index in [0.29, 0.717) is 12.5 Å². The number of anilines is 1. The smallest absolute Gasteiger partial charge is 0.407 e. The van der Waals surface area contributed by atoms with Crippen molar-refractivity contribution in [2.75, 3.05) is 38.1 Å². The number of nitrogens with zero attached hydrogens (tertiary/aromatic N) is 3. The standard InChI is InChI=1S/C22H33N5O3/c1-22(2,3)30-21(29)25-17-11-13-26(15-17)20(23-4)24-14-19(28)27-12-7-9-16-8-5-6-10-18(16)27/h5-6,8,10,17H,7,9,11-15H2,1-4H3,(H,23,24)(H,25,29). The average Bonchev–Trinajstić information content (AvgIpc) is 3.14. The molecule has 0 saturated carbocycles. The number of carbonyl (C=O) groups excluding carboxylic acids is 2. The Labute approximate surface area is 178 Å². The Morgan fingerprint density at radius 2 is 2.00 bits per heavy atom. The summed E-state index contributed by atoms with van der Waals surface area (Å²) in [5, 5.41) is 6.10. The average molecular weight is 416 g/mol. The maximum atomic E-state index is 12.9. The Bertz CT molecular complexity index is 802. The SMILES string of the molecule is CN=C(NCC(=O)N1CCCc2ccccc21)N1CCC(NC(=O)OC(C)(C)C)C1. The van der Waals surface area contributed by atoms with Crippen molar-refractivity contribution in [1.82, 2.24) is 15.5 Å². The zero-order valence-corrected chi connectivity index (χ0v) is 18.4. The van der Waals surface area contributed by atoms with E-state index in [0.717, 1.165) is 38.0 Å². The molecule has 1 unspecified atom stereocenters.